The molecule has 0 amide bonds. The van der Waals surface area contributed by atoms with Crippen LogP contribution in [-0.4, -0.2) is 46.0 Å². The summed E-state index contributed by atoms with van der Waals surface area (Å²) in [5.74, 6) is 0.684. The van der Waals surface area contributed by atoms with Crippen molar-refractivity contribution in [3.8, 4) is 17.0 Å². The second-order valence-electron chi connectivity index (χ2n) is 6.51. The summed E-state index contributed by atoms with van der Waals surface area (Å²) in [6.07, 6.45) is 2.35. The standard InChI is InChI=1S/C17H20FN5O/c1-10-16(13-3-2-12(18)8-15(13)24)21-22-17(20-10)23-7-5-11-4-6-19-9-14(11)23/h2-3,8,11,14,19,24H,4-7,9H2,1H3/t11-,14-/m0/s1. The van der Waals surface area contributed by atoms with E-state index in [-0.39, 0.29) is 5.75 Å². The molecule has 2 atom stereocenters. The van der Waals surface area contributed by atoms with Gasteiger partial charge in [0.2, 0.25) is 5.95 Å². The first kappa shape index (κ1) is 15.3. The number of anilines is 1. The Balaban J connectivity index is 1.65. The van der Waals surface area contributed by atoms with E-state index in [1.807, 2.05) is 6.92 Å². The third-order valence-electron chi connectivity index (χ3n) is 5.05. The molecular weight excluding hydrogens is 309 g/mol. The van der Waals surface area contributed by atoms with Crippen LogP contribution >= 0.6 is 0 Å². The molecular formula is C17H20FN5O. The largest absolute Gasteiger partial charge is 0.507 e. The van der Waals surface area contributed by atoms with Crippen molar-refractivity contribution in [1.29, 1.82) is 0 Å². The lowest BCUT2D eigenvalue weighted by atomic mass is 9.93. The van der Waals surface area contributed by atoms with E-state index in [0.29, 0.717) is 34.9 Å². The molecule has 6 nitrogen and oxygen atoms in total. The molecule has 2 aliphatic rings. The van der Waals surface area contributed by atoms with Crippen molar-refractivity contribution < 1.29 is 9.50 Å². The summed E-state index contributed by atoms with van der Waals surface area (Å²) >= 11 is 0. The van der Waals surface area contributed by atoms with Gasteiger partial charge < -0.3 is 15.3 Å². The smallest absolute Gasteiger partial charge is 0.245 e. The quantitative estimate of drug-likeness (QED) is 0.876. The molecule has 3 heterocycles. The van der Waals surface area contributed by atoms with E-state index < -0.39 is 5.82 Å². The van der Waals surface area contributed by atoms with Gasteiger partial charge in [-0.25, -0.2) is 9.37 Å². The number of aromatic hydroxyl groups is 1. The minimum atomic E-state index is -0.487. The molecule has 2 saturated heterocycles. The zero-order valence-corrected chi connectivity index (χ0v) is 13.5. The van der Waals surface area contributed by atoms with Crippen LogP contribution in [0.2, 0.25) is 0 Å². The zero-order valence-electron chi connectivity index (χ0n) is 13.5. The lowest BCUT2D eigenvalue weighted by molar-refractivity contribution is 0.357. The fourth-order valence-electron chi connectivity index (χ4n) is 3.78. The van der Waals surface area contributed by atoms with E-state index >= 15 is 0 Å². The highest BCUT2D eigenvalue weighted by Gasteiger charge is 2.37. The second-order valence-corrected chi connectivity index (χ2v) is 6.51. The molecule has 0 spiro atoms. The number of hydrogen-bond donors (Lipinski definition) is 2. The van der Waals surface area contributed by atoms with Crippen LogP contribution in [0.4, 0.5) is 10.3 Å². The van der Waals surface area contributed by atoms with Crippen molar-refractivity contribution in [2.75, 3.05) is 24.5 Å². The number of nitrogens with one attached hydrogen (secondary N) is 1. The number of nitrogens with zero attached hydrogens (tertiary/aromatic N) is 4. The van der Waals surface area contributed by atoms with Gasteiger partial charge in [-0.15, -0.1) is 10.2 Å². The maximum absolute atomic E-state index is 13.2. The Bertz CT molecular complexity index is 769. The maximum Gasteiger partial charge on any atom is 0.245 e. The van der Waals surface area contributed by atoms with Gasteiger partial charge in [0, 0.05) is 30.8 Å². The Kier molecular flexibility index (Phi) is 3.80. The number of halogens is 1. The minimum absolute atomic E-state index is 0.153. The predicted molar refractivity (Wildman–Crippen MR) is 88.4 cm³/mol. The summed E-state index contributed by atoms with van der Waals surface area (Å²) in [4.78, 5) is 6.83. The third-order valence-corrected chi connectivity index (χ3v) is 5.05. The van der Waals surface area contributed by atoms with Crippen LogP contribution in [0.15, 0.2) is 18.2 Å². The second kappa shape index (κ2) is 5.98. The number of rotatable bonds is 2. The predicted octanol–water partition coefficient (Wildman–Crippen LogP) is 1.88. The molecule has 1 aromatic carbocycles. The van der Waals surface area contributed by atoms with Crippen LogP contribution in [0, 0.1) is 18.7 Å². The lowest BCUT2D eigenvalue weighted by Crippen LogP contribution is -2.46. The topological polar surface area (TPSA) is 74.2 Å². The number of phenolic OH excluding ortho intramolecular Hbond substituents is 1. The Morgan fingerprint density at radius 2 is 2.17 bits per heavy atom. The fraction of sp³-hybridized carbons (Fsp3) is 0.471. The van der Waals surface area contributed by atoms with E-state index in [1.54, 1.807) is 0 Å². The number of piperidine rings is 1. The molecule has 0 unspecified atom stereocenters. The van der Waals surface area contributed by atoms with Crippen molar-refractivity contribution >= 4 is 5.95 Å². The van der Waals surface area contributed by atoms with Gasteiger partial charge in [-0.1, -0.05) is 0 Å². The Morgan fingerprint density at radius 3 is 2.96 bits per heavy atom. The summed E-state index contributed by atoms with van der Waals surface area (Å²) < 4.78 is 13.2. The highest BCUT2D eigenvalue weighted by atomic mass is 19.1. The monoisotopic (exact) mass is 329 g/mol. The van der Waals surface area contributed by atoms with Crippen LogP contribution in [0.3, 0.4) is 0 Å². The summed E-state index contributed by atoms with van der Waals surface area (Å²) in [7, 11) is 0. The Hall–Kier alpha value is -2.28. The molecule has 2 aromatic rings. The fourth-order valence-corrected chi connectivity index (χ4v) is 3.78. The number of fused-ring (bicyclic) bond motifs is 1. The zero-order chi connectivity index (χ0) is 16.7. The minimum Gasteiger partial charge on any atom is -0.507 e. The Labute approximate surface area is 139 Å². The van der Waals surface area contributed by atoms with Crippen molar-refractivity contribution in [1.82, 2.24) is 20.5 Å². The normalized spacial score (nSPS) is 23.3. The van der Waals surface area contributed by atoms with E-state index in [2.05, 4.69) is 25.4 Å². The van der Waals surface area contributed by atoms with Crippen molar-refractivity contribution in [2.24, 2.45) is 5.92 Å². The van der Waals surface area contributed by atoms with E-state index in [9.17, 15) is 9.50 Å². The van der Waals surface area contributed by atoms with Crippen LogP contribution in [0.1, 0.15) is 18.5 Å². The van der Waals surface area contributed by atoms with Crippen molar-refractivity contribution in [3.63, 3.8) is 0 Å². The Morgan fingerprint density at radius 1 is 1.29 bits per heavy atom. The molecule has 0 bridgehead atoms. The van der Waals surface area contributed by atoms with Crippen molar-refractivity contribution in [2.45, 2.75) is 25.8 Å². The summed E-state index contributed by atoms with van der Waals surface area (Å²) in [5, 5.41) is 21.9. The summed E-state index contributed by atoms with van der Waals surface area (Å²) in [6.45, 7) is 4.81. The van der Waals surface area contributed by atoms with Crippen LogP contribution in [-0.2, 0) is 0 Å². The third kappa shape index (κ3) is 2.58. The molecule has 0 saturated carbocycles. The SMILES string of the molecule is Cc1nc(N2CC[C@@H]3CCNC[C@@H]32)nnc1-c1ccc(F)cc1O. The molecule has 4 rings (SSSR count). The number of aryl methyl sites for hydroxylation is 1. The van der Waals surface area contributed by atoms with Gasteiger partial charge in [0.1, 0.15) is 17.3 Å². The first-order valence-corrected chi connectivity index (χ1v) is 8.31. The van der Waals surface area contributed by atoms with E-state index in [4.69, 9.17) is 0 Å². The molecule has 0 radical (unpaired) electrons. The van der Waals surface area contributed by atoms with Gasteiger partial charge >= 0.3 is 0 Å². The van der Waals surface area contributed by atoms with E-state index in [0.717, 1.165) is 32.1 Å². The highest BCUT2D eigenvalue weighted by molar-refractivity contribution is 5.68. The highest BCUT2D eigenvalue weighted by Crippen LogP contribution is 2.33. The molecule has 2 fully saturated rings. The molecule has 1 aromatic heterocycles. The van der Waals surface area contributed by atoms with Gasteiger partial charge in [-0.05, 0) is 44.4 Å². The maximum atomic E-state index is 13.2. The van der Waals surface area contributed by atoms with Gasteiger partial charge in [-0.3, -0.25) is 0 Å². The molecule has 2 aliphatic heterocycles. The van der Waals surface area contributed by atoms with Gasteiger partial charge in [0.15, 0.2) is 0 Å². The number of phenols is 1. The first-order valence-electron chi connectivity index (χ1n) is 8.31. The van der Waals surface area contributed by atoms with Crippen LogP contribution < -0.4 is 10.2 Å². The number of aromatic nitrogens is 3. The van der Waals surface area contributed by atoms with Gasteiger partial charge in [0.05, 0.1) is 5.69 Å². The van der Waals surface area contributed by atoms with Crippen molar-refractivity contribution in [3.05, 3.63) is 29.7 Å². The summed E-state index contributed by atoms with van der Waals surface area (Å²) in [6, 6.07) is 4.29. The lowest BCUT2D eigenvalue weighted by Gasteiger charge is -2.32. The molecule has 126 valence electrons. The molecule has 7 heteroatoms. The van der Waals surface area contributed by atoms with Crippen LogP contribution in [0.5, 0.6) is 5.75 Å². The van der Waals surface area contributed by atoms with Gasteiger partial charge in [0.25, 0.3) is 0 Å². The number of benzene rings is 1. The van der Waals surface area contributed by atoms with E-state index in [1.165, 1.54) is 18.6 Å². The molecule has 2 N–H and O–H groups in total. The average molecular weight is 329 g/mol. The molecule has 0 aliphatic carbocycles. The summed E-state index contributed by atoms with van der Waals surface area (Å²) in [5.41, 5.74) is 1.60. The van der Waals surface area contributed by atoms with Gasteiger partial charge in [-0.2, -0.15) is 0 Å². The van der Waals surface area contributed by atoms with Crippen LogP contribution in [0.25, 0.3) is 11.3 Å². The average Bonchev–Trinajstić information content (AvgIpc) is 2.99. The number of hydrogen-bond acceptors (Lipinski definition) is 6. The first-order chi connectivity index (χ1) is 11.6. The molecule has 24 heavy (non-hydrogen) atoms.